The highest BCUT2D eigenvalue weighted by Gasteiger charge is 2.35. The molecule has 0 aliphatic heterocycles. The molecule has 1 amide bonds. The molecule has 3 rings (SSSR count). The van der Waals surface area contributed by atoms with Crippen molar-refractivity contribution in [3.8, 4) is 5.69 Å². The van der Waals surface area contributed by atoms with Crippen LogP contribution in [0.4, 0.5) is 4.39 Å². The lowest BCUT2D eigenvalue weighted by Gasteiger charge is -2.36. The van der Waals surface area contributed by atoms with Gasteiger partial charge in [0.05, 0.1) is 5.60 Å². The van der Waals surface area contributed by atoms with E-state index < -0.39 is 17.3 Å². The summed E-state index contributed by atoms with van der Waals surface area (Å²) in [6.45, 7) is 3.98. The molecule has 2 N–H and O–H groups in total. The Morgan fingerprint density at radius 2 is 2.12 bits per heavy atom. The van der Waals surface area contributed by atoms with Crippen molar-refractivity contribution >= 4 is 5.91 Å². The minimum atomic E-state index is -0.815. The summed E-state index contributed by atoms with van der Waals surface area (Å²) < 4.78 is 15.4. The Morgan fingerprint density at radius 1 is 1.42 bits per heavy atom. The van der Waals surface area contributed by atoms with Gasteiger partial charge in [-0.15, -0.1) is 5.10 Å². The molecule has 0 spiro atoms. The molecule has 128 valence electrons. The van der Waals surface area contributed by atoms with Crippen LogP contribution in [-0.4, -0.2) is 37.9 Å². The Bertz CT molecular complexity index is 753. The zero-order valence-corrected chi connectivity index (χ0v) is 13.8. The summed E-state index contributed by atoms with van der Waals surface area (Å²) in [5, 5.41) is 16.9. The molecule has 1 saturated carbocycles. The predicted octanol–water partition coefficient (Wildman–Crippen LogP) is 2.17. The molecule has 2 aromatic rings. The smallest absolute Gasteiger partial charge is 0.291 e. The summed E-state index contributed by atoms with van der Waals surface area (Å²) in [5.41, 5.74) is -0.560. The van der Waals surface area contributed by atoms with E-state index in [0.29, 0.717) is 18.7 Å². The van der Waals surface area contributed by atoms with E-state index in [4.69, 9.17) is 0 Å². The third kappa shape index (κ3) is 3.17. The lowest BCUT2D eigenvalue weighted by molar-refractivity contribution is -0.0301. The first kappa shape index (κ1) is 16.6. The van der Waals surface area contributed by atoms with E-state index in [2.05, 4.69) is 15.4 Å². The van der Waals surface area contributed by atoms with Crippen molar-refractivity contribution in [2.45, 2.75) is 44.6 Å². The maximum Gasteiger partial charge on any atom is 0.291 e. The van der Waals surface area contributed by atoms with E-state index in [-0.39, 0.29) is 24.0 Å². The van der Waals surface area contributed by atoms with Crippen molar-refractivity contribution < 1.29 is 14.3 Å². The molecule has 1 heterocycles. The third-order valence-corrected chi connectivity index (χ3v) is 4.29. The van der Waals surface area contributed by atoms with Crippen LogP contribution in [0.25, 0.3) is 5.69 Å². The van der Waals surface area contributed by atoms with Gasteiger partial charge >= 0.3 is 0 Å². The molecule has 7 heteroatoms. The fraction of sp³-hybridized carbons (Fsp3) is 0.471. The molecule has 1 fully saturated rings. The first-order valence-corrected chi connectivity index (χ1v) is 8.12. The van der Waals surface area contributed by atoms with E-state index in [9.17, 15) is 14.3 Å². The molecule has 1 aliphatic rings. The van der Waals surface area contributed by atoms with E-state index in [0.717, 1.165) is 6.42 Å². The zero-order chi connectivity index (χ0) is 17.3. The van der Waals surface area contributed by atoms with Crippen LogP contribution in [0.1, 0.15) is 55.5 Å². The van der Waals surface area contributed by atoms with Gasteiger partial charge in [-0.3, -0.25) is 4.79 Å². The number of nitrogens with zero attached hydrogens (tertiary/aromatic N) is 3. The van der Waals surface area contributed by atoms with Crippen molar-refractivity contribution in [2.75, 3.05) is 6.54 Å². The second-order valence-corrected chi connectivity index (χ2v) is 6.57. The van der Waals surface area contributed by atoms with E-state index in [1.807, 2.05) is 13.8 Å². The second-order valence-electron chi connectivity index (χ2n) is 6.57. The first-order valence-electron chi connectivity index (χ1n) is 8.12. The third-order valence-electron chi connectivity index (χ3n) is 4.29. The fourth-order valence-electron chi connectivity index (χ4n) is 2.68. The number of nitrogens with one attached hydrogen (secondary N) is 1. The van der Waals surface area contributed by atoms with Crippen LogP contribution in [0.2, 0.25) is 0 Å². The van der Waals surface area contributed by atoms with Gasteiger partial charge in [0, 0.05) is 12.5 Å². The quantitative estimate of drug-likeness (QED) is 0.879. The van der Waals surface area contributed by atoms with Crippen LogP contribution >= 0.6 is 0 Å². The number of halogens is 1. The molecule has 0 bridgehead atoms. The van der Waals surface area contributed by atoms with Crippen LogP contribution in [0.3, 0.4) is 0 Å². The number of benzene rings is 1. The molecule has 0 saturated heterocycles. The minimum Gasteiger partial charge on any atom is -0.388 e. The highest BCUT2D eigenvalue weighted by Crippen LogP contribution is 2.30. The zero-order valence-electron chi connectivity index (χ0n) is 13.8. The predicted molar refractivity (Wildman–Crippen MR) is 86.5 cm³/mol. The highest BCUT2D eigenvalue weighted by molar-refractivity contribution is 5.90. The molecule has 1 aromatic carbocycles. The van der Waals surface area contributed by atoms with Gasteiger partial charge in [-0.05, 0) is 31.4 Å². The van der Waals surface area contributed by atoms with E-state index in [1.165, 1.54) is 10.7 Å². The van der Waals surface area contributed by atoms with Crippen molar-refractivity contribution in [1.29, 1.82) is 0 Å². The number of carbonyl (C=O) groups is 1. The summed E-state index contributed by atoms with van der Waals surface area (Å²) in [5.74, 6) is -0.445. The van der Waals surface area contributed by atoms with Gasteiger partial charge in [-0.1, -0.05) is 26.0 Å². The topological polar surface area (TPSA) is 80.0 Å². The van der Waals surface area contributed by atoms with Gasteiger partial charge < -0.3 is 10.4 Å². The number of amides is 1. The Hall–Kier alpha value is -2.28. The number of rotatable bonds is 5. The number of para-hydroxylation sites is 1. The number of hydrogen-bond acceptors (Lipinski definition) is 4. The summed E-state index contributed by atoms with van der Waals surface area (Å²) in [4.78, 5) is 16.5. The molecule has 0 radical (unpaired) electrons. The van der Waals surface area contributed by atoms with Gasteiger partial charge in [-0.2, -0.15) is 0 Å². The Balaban J connectivity index is 1.86. The van der Waals surface area contributed by atoms with Crippen molar-refractivity contribution in [3.05, 3.63) is 41.7 Å². The average molecular weight is 332 g/mol. The highest BCUT2D eigenvalue weighted by atomic mass is 19.1. The monoisotopic (exact) mass is 332 g/mol. The van der Waals surface area contributed by atoms with Gasteiger partial charge in [0.15, 0.2) is 0 Å². The molecule has 6 nitrogen and oxygen atoms in total. The molecular formula is C17H21FN4O2. The van der Waals surface area contributed by atoms with Crippen LogP contribution in [-0.2, 0) is 0 Å². The average Bonchev–Trinajstić information content (AvgIpc) is 2.96. The normalized spacial score (nSPS) is 16.0. The standard InChI is InChI=1S/C17H21FN4O2/c1-11(2)15-20-14(16(23)19-10-17(24)8-5-9-17)21-22(15)13-7-4-3-6-12(13)18/h3-4,6-7,11,24H,5,8-10H2,1-2H3,(H,19,23). The summed E-state index contributed by atoms with van der Waals surface area (Å²) >= 11 is 0. The van der Waals surface area contributed by atoms with Crippen molar-refractivity contribution in [2.24, 2.45) is 0 Å². The second kappa shape index (κ2) is 6.32. The Morgan fingerprint density at radius 3 is 2.71 bits per heavy atom. The molecule has 0 unspecified atom stereocenters. The number of carbonyl (C=O) groups excluding carboxylic acids is 1. The largest absolute Gasteiger partial charge is 0.388 e. The molecule has 24 heavy (non-hydrogen) atoms. The van der Waals surface area contributed by atoms with Crippen LogP contribution in [0.15, 0.2) is 24.3 Å². The lowest BCUT2D eigenvalue weighted by atomic mass is 9.80. The minimum absolute atomic E-state index is 0.0233. The SMILES string of the molecule is CC(C)c1nc(C(=O)NCC2(O)CCC2)nn1-c1ccccc1F. The van der Waals surface area contributed by atoms with Crippen LogP contribution < -0.4 is 5.32 Å². The number of aliphatic hydroxyl groups is 1. The van der Waals surface area contributed by atoms with Crippen LogP contribution in [0, 0.1) is 5.82 Å². The van der Waals surface area contributed by atoms with Crippen molar-refractivity contribution in [3.63, 3.8) is 0 Å². The molecule has 0 atom stereocenters. The van der Waals surface area contributed by atoms with Gasteiger partial charge in [0.1, 0.15) is 17.3 Å². The van der Waals surface area contributed by atoms with Crippen LogP contribution in [0.5, 0.6) is 0 Å². The molecule has 1 aliphatic carbocycles. The van der Waals surface area contributed by atoms with Gasteiger partial charge in [-0.25, -0.2) is 14.1 Å². The van der Waals surface area contributed by atoms with E-state index >= 15 is 0 Å². The van der Waals surface area contributed by atoms with Crippen molar-refractivity contribution in [1.82, 2.24) is 20.1 Å². The lowest BCUT2D eigenvalue weighted by Crippen LogP contribution is -2.47. The Labute approximate surface area is 139 Å². The van der Waals surface area contributed by atoms with Gasteiger partial charge in [0.2, 0.25) is 5.82 Å². The van der Waals surface area contributed by atoms with E-state index in [1.54, 1.807) is 18.2 Å². The number of hydrogen-bond donors (Lipinski definition) is 2. The summed E-state index contributed by atoms with van der Waals surface area (Å²) in [6, 6.07) is 6.23. The fourth-order valence-corrected chi connectivity index (χ4v) is 2.68. The maximum atomic E-state index is 14.1. The Kier molecular flexibility index (Phi) is 4.36. The first-order chi connectivity index (χ1) is 11.4. The number of aromatic nitrogens is 3. The summed E-state index contributed by atoms with van der Waals surface area (Å²) in [7, 11) is 0. The molecular weight excluding hydrogens is 311 g/mol. The maximum absolute atomic E-state index is 14.1. The summed E-state index contributed by atoms with van der Waals surface area (Å²) in [6.07, 6.45) is 2.33. The molecule has 1 aromatic heterocycles. The van der Waals surface area contributed by atoms with Gasteiger partial charge in [0.25, 0.3) is 5.91 Å².